The van der Waals surface area contributed by atoms with E-state index >= 15 is 0 Å². The molecule has 0 aliphatic carbocycles. The first-order chi connectivity index (χ1) is 14.1. The molecule has 1 heterocycles. The molecule has 164 valence electrons. The smallest absolute Gasteiger partial charge is 0.196 e. The van der Waals surface area contributed by atoms with Crippen LogP contribution < -0.4 is 10.1 Å². The number of ether oxygens (including phenoxy) is 1. The monoisotopic (exact) mass is 451 g/mol. The van der Waals surface area contributed by atoms with Crippen LogP contribution in [-0.2, 0) is 0 Å². The number of thioether (sulfide) groups is 1. The minimum Gasteiger partial charge on any atom is -0.489 e. The maximum absolute atomic E-state index is 10.3. The highest BCUT2D eigenvalue weighted by Gasteiger charge is 2.20. The van der Waals surface area contributed by atoms with Gasteiger partial charge in [-0.2, -0.15) is 5.11 Å². The number of nitrogens with zero attached hydrogens (tertiary/aromatic N) is 4. The van der Waals surface area contributed by atoms with E-state index in [1.54, 1.807) is 23.9 Å². The lowest BCUT2D eigenvalue weighted by atomic mass is 10.1. The second kappa shape index (κ2) is 11.6. The summed E-state index contributed by atoms with van der Waals surface area (Å²) >= 11 is 7.71. The van der Waals surface area contributed by atoms with Crippen molar-refractivity contribution in [1.82, 2.24) is 15.5 Å². The van der Waals surface area contributed by atoms with Crippen LogP contribution in [0.4, 0.5) is 5.82 Å². The van der Waals surface area contributed by atoms with Crippen molar-refractivity contribution in [3.05, 3.63) is 40.9 Å². The molecule has 7 nitrogen and oxygen atoms in total. The zero-order chi connectivity index (χ0) is 22.1. The van der Waals surface area contributed by atoms with Crippen LogP contribution in [-0.4, -0.2) is 51.9 Å². The van der Waals surface area contributed by atoms with Crippen LogP contribution in [0.5, 0.6) is 5.75 Å². The SMILES string of the molecule is Cc1ccc(Cl)c(OCC(O)CNC(C)(C)CSc2ccc(N=NC(C)C)nn2)c1. The summed E-state index contributed by atoms with van der Waals surface area (Å²) in [6.45, 7) is 10.6. The predicted molar refractivity (Wildman–Crippen MR) is 122 cm³/mol. The Balaban J connectivity index is 1.75. The summed E-state index contributed by atoms with van der Waals surface area (Å²) in [4.78, 5) is 0. The summed E-state index contributed by atoms with van der Waals surface area (Å²) in [5.74, 6) is 1.84. The average molecular weight is 452 g/mol. The van der Waals surface area contributed by atoms with Gasteiger partial charge in [0.2, 0.25) is 0 Å². The number of aliphatic hydroxyl groups is 1. The van der Waals surface area contributed by atoms with Crippen molar-refractivity contribution in [3.8, 4) is 5.75 Å². The Labute approximate surface area is 187 Å². The number of hydrogen-bond acceptors (Lipinski definition) is 8. The maximum Gasteiger partial charge on any atom is 0.196 e. The van der Waals surface area contributed by atoms with Gasteiger partial charge in [0.1, 0.15) is 23.5 Å². The highest BCUT2D eigenvalue weighted by molar-refractivity contribution is 7.99. The molecule has 1 aromatic carbocycles. The summed E-state index contributed by atoms with van der Waals surface area (Å²) in [6.07, 6.45) is -0.656. The minimum atomic E-state index is -0.656. The fraction of sp³-hybridized carbons (Fsp3) is 0.524. The Bertz CT molecular complexity index is 831. The van der Waals surface area contributed by atoms with Gasteiger partial charge in [-0.25, -0.2) is 0 Å². The molecule has 0 saturated carbocycles. The normalized spacial score (nSPS) is 13.2. The zero-order valence-electron chi connectivity index (χ0n) is 18.1. The van der Waals surface area contributed by atoms with Gasteiger partial charge >= 0.3 is 0 Å². The number of nitrogens with one attached hydrogen (secondary N) is 1. The van der Waals surface area contributed by atoms with Gasteiger partial charge in [-0.05, 0) is 64.4 Å². The van der Waals surface area contributed by atoms with Crippen molar-refractivity contribution in [1.29, 1.82) is 0 Å². The van der Waals surface area contributed by atoms with E-state index in [1.807, 2.05) is 39.0 Å². The van der Waals surface area contributed by atoms with Crippen LogP contribution in [0, 0.1) is 6.92 Å². The molecule has 1 unspecified atom stereocenters. The summed E-state index contributed by atoms with van der Waals surface area (Å²) < 4.78 is 5.66. The van der Waals surface area contributed by atoms with Gasteiger partial charge in [0.15, 0.2) is 5.82 Å². The van der Waals surface area contributed by atoms with Crippen LogP contribution in [0.3, 0.4) is 0 Å². The third kappa shape index (κ3) is 8.95. The van der Waals surface area contributed by atoms with Gasteiger partial charge in [0.25, 0.3) is 0 Å². The molecule has 0 bridgehead atoms. The van der Waals surface area contributed by atoms with Crippen LogP contribution in [0.2, 0.25) is 5.02 Å². The number of halogens is 1. The van der Waals surface area contributed by atoms with Crippen molar-refractivity contribution in [2.24, 2.45) is 10.2 Å². The molecule has 2 aromatic rings. The molecule has 2 N–H and O–H groups in total. The molecule has 0 fully saturated rings. The first-order valence-electron chi connectivity index (χ1n) is 9.84. The van der Waals surface area contributed by atoms with E-state index in [4.69, 9.17) is 16.3 Å². The number of azo groups is 1. The molecule has 0 amide bonds. The Morgan fingerprint density at radius 3 is 2.67 bits per heavy atom. The highest BCUT2D eigenvalue weighted by Crippen LogP contribution is 2.25. The molecule has 1 aromatic heterocycles. The molecule has 9 heteroatoms. The molecule has 0 aliphatic rings. The number of aromatic nitrogens is 2. The van der Waals surface area contributed by atoms with Crippen molar-refractivity contribution in [2.45, 2.75) is 57.3 Å². The van der Waals surface area contributed by atoms with Gasteiger partial charge in [0.05, 0.1) is 11.1 Å². The summed E-state index contributed by atoms with van der Waals surface area (Å²) in [6, 6.07) is 9.39. The van der Waals surface area contributed by atoms with Crippen LogP contribution in [0.25, 0.3) is 0 Å². The number of aliphatic hydroxyl groups excluding tert-OH is 1. The van der Waals surface area contributed by atoms with E-state index in [9.17, 15) is 5.11 Å². The lowest BCUT2D eigenvalue weighted by Gasteiger charge is -2.27. The van der Waals surface area contributed by atoms with Crippen molar-refractivity contribution in [3.63, 3.8) is 0 Å². The summed E-state index contributed by atoms with van der Waals surface area (Å²) in [5.41, 5.74) is 0.837. The molecule has 1 atom stereocenters. The lowest BCUT2D eigenvalue weighted by Crippen LogP contribution is -2.46. The van der Waals surface area contributed by atoms with E-state index < -0.39 is 6.10 Å². The van der Waals surface area contributed by atoms with E-state index in [-0.39, 0.29) is 18.2 Å². The molecule has 0 spiro atoms. The highest BCUT2D eigenvalue weighted by atomic mass is 35.5. The third-order valence-electron chi connectivity index (χ3n) is 3.93. The standard InChI is InChI=1S/C21H30ClN5O2S/c1-14(2)24-25-19-8-9-20(27-26-19)30-13-21(4,5)23-11-16(28)12-29-18-10-15(3)6-7-17(18)22/h6-10,14,16,23,28H,11-13H2,1-5H3. The number of benzene rings is 1. The van der Waals surface area contributed by atoms with E-state index in [2.05, 4.69) is 39.6 Å². The predicted octanol–water partition coefficient (Wildman–Crippen LogP) is 4.83. The van der Waals surface area contributed by atoms with Gasteiger partial charge in [0, 0.05) is 17.8 Å². The van der Waals surface area contributed by atoms with Crippen LogP contribution in [0.15, 0.2) is 45.6 Å². The molecule has 0 radical (unpaired) electrons. The first-order valence-corrected chi connectivity index (χ1v) is 11.2. The number of rotatable bonds is 11. The Hall–Kier alpha value is -1.74. The van der Waals surface area contributed by atoms with Gasteiger partial charge in [-0.1, -0.05) is 17.7 Å². The van der Waals surface area contributed by atoms with Crippen LogP contribution in [0.1, 0.15) is 33.3 Å². The van der Waals surface area contributed by atoms with Gasteiger partial charge in [-0.15, -0.1) is 27.1 Å². The van der Waals surface area contributed by atoms with E-state index in [0.717, 1.165) is 16.3 Å². The zero-order valence-corrected chi connectivity index (χ0v) is 19.7. The van der Waals surface area contributed by atoms with Gasteiger partial charge < -0.3 is 15.2 Å². The Morgan fingerprint density at radius 2 is 2.00 bits per heavy atom. The summed E-state index contributed by atoms with van der Waals surface area (Å²) in [7, 11) is 0. The largest absolute Gasteiger partial charge is 0.489 e. The second-order valence-electron chi connectivity index (χ2n) is 7.99. The maximum atomic E-state index is 10.3. The number of aryl methyl sites for hydroxylation is 1. The lowest BCUT2D eigenvalue weighted by molar-refractivity contribution is 0.100. The van der Waals surface area contributed by atoms with Gasteiger partial charge in [-0.3, -0.25) is 0 Å². The molecular weight excluding hydrogens is 422 g/mol. The summed E-state index contributed by atoms with van der Waals surface area (Å²) in [5, 5.41) is 31.3. The van der Waals surface area contributed by atoms with E-state index in [1.165, 1.54) is 0 Å². The average Bonchev–Trinajstić information content (AvgIpc) is 2.70. The topological polar surface area (TPSA) is 92.0 Å². The molecule has 30 heavy (non-hydrogen) atoms. The van der Waals surface area contributed by atoms with Crippen molar-refractivity contribution >= 4 is 29.2 Å². The minimum absolute atomic E-state index is 0.127. The van der Waals surface area contributed by atoms with E-state index in [0.29, 0.717) is 23.1 Å². The second-order valence-corrected chi connectivity index (χ2v) is 9.39. The molecular formula is C21H30ClN5O2S. The van der Waals surface area contributed by atoms with Crippen LogP contribution >= 0.6 is 23.4 Å². The number of hydrogen-bond donors (Lipinski definition) is 2. The molecule has 0 aliphatic heterocycles. The third-order valence-corrected chi connectivity index (χ3v) is 5.62. The Morgan fingerprint density at radius 1 is 1.23 bits per heavy atom. The molecule has 0 saturated heterocycles. The van der Waals surface area contributed by atoms with Crippen molar-refractivity contribution < 1.29 is 9.84 Å². The first kappa shape index (κ1) is 24.5. The Kier molecular flexibility index (Phi) is 9.48. The molecule has 2 rings (SSSR count). The van der Waals surface area contributed by atoms with Crippen molar-refractivity contribution in [2.75, 3.05) is 18.9 Å². The number of β-amino-alcohol motifs (C(OH)–C–C–N with tert-alkyl or cyclic N) is 1. The fourth-order valence-corrected chi connectivity index (χ4v) is 3.33. The fourth-order valence-electron chi connectivity index (χ4n) is 2.28. The quantitative estimate of drug-likeness (QED) is 0.375.